The van der Waals surface area contributed by atoms with Crippen LogP contribution >= 0.6 is 39.1 Å². The lowest BCUT2D eigenvalue weighted by atomic mass is 10.3. The van der Waals surface area contributed by atoms with Crippen molar-refractivity contribution in [3.8, 4) is 17.8 Å². The van der Waals surface area contributed by atoms with Gasteiger partial charge in [-0.1, -0.05) is 11.6 Å². The normalized spacial score (nSPS) is 10.4. The lowest BCUT2D eigenvalue weighted by Gasteiger charge is -2.07. The van der Waals surface area contributed by atoms with Gasteiger partial charge in [0.2, 0.25) is 5.28 Å². The Bertz CT molecular complexity index is 630. The van der Waals surface area contributed by atoms with Gasteiger partial charge < -0.3 is 9.47 Å². The summed E-state index contributed by atoms with van der Waals surface area (Å²) in [5, 5.41) is -0.141. The molecule has 2 rings (SSSR count). The van der Waals surface area contributed by atoms with E-state index in [-0.39, 0.29) is 28.1 Å². The topological polar surface area (TPSA) is 57.1 Å². The predicted molar refractivity (Wildman–Crippen MR) is 70.6 cm³/mol. The molecule has 0 amide bonds. The first-order valence-corrected chi connectivity index (χ1v) is 6.32. The molecule has 0 radical (unpaired) electrons. The molecule has 0 aliphatic heterocycles. The highest BCUT2D eigenvalue weighted by Gasteiger charge is 2.12. The Hall–Kier alpha value is -1.18. The third-order valence-electron chi connectivity index (χ3n) is 1.93. The molecule has 0 aliphatic carbocycles. The third-order valence-corrected chi connectivity index (χ3v) is 3.00. The average Bonchev–Trinajstić information content (AvgIpc) is 2.35. The largest absolute Gasteiger partial charge is 0.467 e. The molecule has 9 heteroatoms. The van der Waals surface area contributed by atoms with E-state index in [9.17, 15) is 4.39 Å². The number of aromatic nitrogens is 3. The molecule has 5 nitrogen and oxygen atoms in total. The molecular weight excluding hydrogens is 364 g/mol. The van der Waals surface area contributed by atoms with E-state index < -0.39 is 5.82 Å². The Morgan fingerprint density at radius 1 is 1.16 bits per heavy atom. The van der Waals surface area contributed by atoms with E-state index in [1.54, 1.807) is 0 Å². The van der Waals surface area contributed by atoms with Gasteiger partial charge in [0.25, 0.3) is 0 Å². The monoisotopic (exact) mass is 367 g/mol. The molecule has 0 atom stereocenters. The van der Waals surface area contributed by atoms with Crippen LogP contribution in [0.15, 0.2) is 16.6 Å². The van der Waals surface area contributed by atoms with Gasteiger partial charge in [0.1, 0.15) is 11.6 Å². The summed E-state index contributed by atoms with van der Waals surface area (Å²) in [6.07, 6.45) is 0. The third kappa shape index (κ3) is 3.43. The van der Waals surface area contributed by atoms with E-state index in [0.717, 1.165) is 6.07 Å². The van der Waals surface area contributed by atoms with E-state index in [1.807, 2.05) is 0 Å². The molecule has 100 valence electrons. The van der Waals surface area contributed by atoms with Gasteiger partial charge in [-0.25, -0.2) is 4.39 Å². The number of hydrogen-bond donors (Lipinski definition) is 0. The van der Waals surface area contributed by atoms with Gasteiger partial charge in [-0.2, -0.15) is 9.97 Å². The molecule has 0 saturated heterocycles. The van der Waals surface area contributed by atoms with Gasteiger partial charge in [-0.05, 0) is 33.6 Å². The van der Waals surface area contributed by atoms with Crippen molar-refractivity contribution in [3.63, 3.8) is 0 Å². The van der Waals surface area contributed by atoms with Crippen LogP contribution in [0.3, 0.4) is 0 Å². The van der Waals surface area contributed by atoms with Gasteiger partial charge in [0, 0.05) is 6.07 Å². The number of nitrogens with zero attached hydrogens (tertiary/aromatic N) is 3. The minimum absolute atomic E-state index is 0.0134. The molecule has 0 saturated carbocycles. The summed E-state index contributed by atoms with van der Waals surface area (Å²) in [7, 11) is 1.37. The summed E-state index contributed by atoms with van der Waals surface area (Å²) in [5.41, 5.74) is 0. The summed E-state index contributed by atoms with van der Waals surface area (Å²) < 4.78 is 23.9. The lowest BCUT2D eigenvalue weighted by Crippen LogP contribution is -1.99. The minimum Gasteiger partial charge on any atom is -0.467 e. The second-order valence-corrected chi connectivity index (χ2v) is 4.77. The van der Waals surface area contributed by atoms with E-state index in [4.69, 9.17) is 32.7 Å². The van der Waals surface area contributed by atoms with E-state index in [0.29, 0.717) is 4.47 Å². The van der Waals surface area contributed by atoms with Gasteiger partial charge in [0.15, 0.2) is 0 Å². The first kappa shape index (κ1) is 14.2. The molecule has 1 aromatic heterocycles. The van der Waals surface area contributed by atoms with Crippen molar-refractivity contribution in [3.05, 3.63) is 32.7 Å². The molecule has 0 fully saturated rings. The minimum atomic E-state index is -0.632. The molecule has 1 heterocycles. The molecular formula is C10H5BrCl2FN3O2. The highest BCUT2D eigenvalue weighted by molar-refractivity contribution is 9.10. The van der Waals surface area contributed by atoms with Crippen molar-refractivity contribution >= 4 is 39.1 Å². The zero-order chi connectivity index (χ0) is 14.0. The molecule has 0 unspecified atom stereocenters. The number of benzene rings is 1. The summed E-state index contributed by atoms with van der Waals surface area (Å²) in [6.45, 7) is 0. The first-order chi connectivity index (χ1) is 8.99. The summed E-state index contributed by atoms with van der Waals surface area (Å²) >= 11 is 14.5. The van der Waals surface area contributed by atoms with Gasteiger partial charge in [-0.15, -0.1) is 4.98 Å². The lowest BCUT2D eigenvalue weighted by molar-refractivity contribution is 0.358. The summed E-state index contributed by atoms with van der Waals surface area (Å²) in [4.78, 5) is 11.2. The molecule has 19 heavy (non-hydrogen) atoms. The maximum atomic E-state index is 13.3. The smallest absolute Gasteiger partial charge is 0.329 e. The number of halogens is 4. The molecule has 1 aromatic carbocycles. The van der Waals surface area contributed by atoms with Crippen LogP contribution in [0.25, 0.3) is 0 Å². The number of hydrogen-bond acceptors (Lipinski definition) is 5. The van der Waals surface area contributed by atoms with E-state index in [1.165, 1.54) is 13.2 Å². The van der Waals surface area contributed by atoms with Crippen molar-refractivity contribution in [2.45, 2.75) is 0 Å². The van der Waals surface area contributed by atoms with Crippen molar-refractivity contribution < 1.29 is 13.9 Å². The fourth-order valence-corrected chi connectivity index (χ4v) is 2.00. The standard InChI is InChI=1S/C10H5BrCl2FN3O2/c1-18-9-15-8(13)16-10(17-9)19-7-3-6(14)5(12)2-4(7)11/h2-3H,1H3. The second kappa shape index (κ2) is 5.85. The van der Waals surface area contributed by atoms with Crippen molar-refractivity contribution in [1.82, 2.24) is 15.0 Å². The zero-order valence-corrected chi connectivity index (χ0v) is 12.4. The van der Waals surface area contributed by atoms with Gasteiger partial charge in [-0.3, -0.25) is 0 Å². The Labute approximate surface area is 125 Å². The Kier molecular flexibility index (Phi) is 4.38. The maximum absolute atomic E-state index is 13.3. The van der Waals surface area contributed by atoms with Crippen LogP contribution in [0.5, 0.6) is 17.8 Å². The molecule has 0 N–H and O–H groups in total. The second-order valence-electron chi connectivity index (χ2n) is 3.17. The Morgan fingerprint density at radius 2 is 1.84 bits per heavy atom. The number of methoxy groups -OCH3 is 1. The summed E-state index contributed by atoms with van der Waals surface area (Å²) in [5.74, 6) is -0.488. The first-order valence-electron chi connectivity index (χ1n) is 4.77. The Balaban J connectivity index is 2.36. The van der Waals surface area contributed by atoms with Crippen LogP contribution < -0.4 is 9.47 Å². The van der Waals surface area contributed by atoms with Crippen LogP contribution in [0.4, 0.5) is 4.39 Å². The molecule has 0 spiro atoms. The summed E-state index contributed by atoms with van der Waals surface area (Å²) in [6, 6.07) is 2.31. The molecule has 2 aromatic rings. The van der Waals surface area contributed by atoms with Crippen LogP contribution in [0.1, 0.15) is 0 Å². The maximum Gasteiger partial charge on any atom is 0.329 e. The SMILES string of the molecule is COc1nc(Cl)nc(Oc2cc(F)c(Cl)cc2Br)n1. The highest BCUT2D eigenvalue weighted by Crippen LogP contribution is 2.33. The van der Waals surface area contributed by atoms with E-state index in [2.05, 4.69) is 30.9 Å². The fraction of sp³-hybridized carbons (Fsp3) is 0.100. The zero-order valence-electron chi connectivity index (χ0n) is 9.32. The van der Waals surface area contributed by atoms with Crippen LogP contribution in [0, 0.1) is 5.82 Å². The van der Waals surface area contributed by atoms with Gasteiger partial charge >= 0.3 is 12.0 Å². The van der Waals surface area contributed by atoms with Crippen LogP contribution in [-0.4, -0.2) is 22.1 Å². The van der Waals surface area contributed by atoms with Crippen molar-refractivity contribution in [2.75, 3.05) is 7.11 Å². The quantitative estimate of drug-likeness (QED) is 0.769. The van der Waals surface area contributed by atoms with Crippen molar-refractivity contribution in [2.24, 2.45) is 0 Å². The number of rotatable bonds is 3. The average molecular weight is 369 g/mol. The van der Waals surface area contributed by atoms with Crippen LogP contribution in [-0.2, 0) is 0 Å². The highest BCUT2D eigenvalue weighted by atomic mass is 79.9. The number of ether oxygens (including phenoxy) is 2. The van der Waals surface area contributed by atoms with Gasteiger partial charge in [0.05, 0.1) is 16.6 Å². The van der Waals surface area contributed by atoms with Crippen LogP contribution in [0.2, 0.25) is 10.3 Å². The van der Waals surface area contributed by atoms with Crippen molar-refractivity contribution in [1.29, 1.82) is 0 Å². The molecule has 0 bridgehead atoms. The predicted octanol–water partition coefficient (Wildman–Crippen LogP) is 3.88. The Morgan fingerprint density at radius 3 is 2.53 bits per heavy atom. The van der Waals surface area contributed by atoms with E-state index >= 15 is 0 Å². The fourth-order valence-electron chi connectivity index (χ4n) is 1.13. The molecule has 0 aliphatic rings.